The molecule has 0 aromatic carbocycles. The molecule has 23 nitrogen and oxygen atoms in total. The third kappa shape index (κ3) is 36.0. The van der Waals surface area contributed by atoms with Gasteiger partial charge in [0.15, 0.2) is 30.9 Å². The second-order valence-corrected chi connectivity index (χ2v) is 25.8. The largest absolute Gasteiger partial charge is 0.390 e. The number of nitrogens with zero attached hydrogens (tertiary/aromatic N) is 3. The smallest absolute Gasteiger partial charge is 0.246 e. The molecule has 23 heteroatoms. The third-order valence-electron chi connectivity index (χ3n) is 17.0. The molecule has 0 unspecified atom stereocenters. The van der Waals surface area contributed by atoms with E-state index in [1.807, 2.05) is 70.7 Å². The van der Waals surface area contributed by atoms with Crippen molar-refractivity contribution in [1.82, 2.24) is 14.7 Å². The Hall–Kier alpha value is -3.60. The highest BCUT2D eigenvalue weighted by Gasteiger charge is 2.39. The van der Waals surface area contributed by atoms with Crippen molar-refractivity contribution in [3.63, 3.8) is 0 Å². The number of allylic oxidation sites excluding steroid dienone is 5. The first kappa shape index (κ1) is 85.5. The molecule has 0 saturated carbocycles. The number of ketones is 1. The van der Waals surface area contributed by atoms with Crippen LogP contribution in [0.2, 0.25) is 0 Å². The minimum atomic E-state index is -0.816. The molecule has 540 valence electrons. The molecule has 5 fully saturated rings. The van der Waals surface area contributed by atoms with Crippen LogP contribution in [0.1, 0.15) is 211 Å². The fraction of sp³-hybridized carbons (Fsp3) is 0.829. The molecule has 0 spiro atoms. The molecule has 0 bridgehead atoms. The van der Waals surface area contributed by atoms with Crippen molar-refractivity contribution in [2.24, 2.45) is 0 Å². The number of hydrogen-bond donors (Lipinski definition) is 8. The number of rotatable bonds is 32. The lowest BCUT2D eigenvalue weighted by Crippen LogP contribution is -2.48. The SMILES string of the molecule is CCCCCCCC(=O)/C=C/CC[C@@H](C)O[C@@H]1O[C@@H](C)[C@H](O)C[C@H]1O.CCN(CC)C(=O)/C=C/CC[C@@H](C)O[C@@H]1O[C@@H](C)[C@H](O)C[C@H]1O.C[C@H](CC/C=C/C(=O)N(C)C)O[C@@H]1O[C@@H](C)[C@H](O)C[C@H]1O.C[C@H](CC/C=C/C(=O)N1CCCCC1)O[C@@H]1O[C@@H](C)[C@H](O)C[C@H]1O. The number of piperidine rings is 1. The van der Waals surface area contributed by atoms with Gasteiger partial charge in [0.25, 0.3) is 0 Å². The zero-order chi connectivity index (χ0) is 69.6. The Kier molecular flexibility index (Phi) is 44.3. The van der Waals surface area contributed by atoms with Crippen molar-refractivity contribution in [3.05, 3.63) is 48.6 Å². The monoisotopic (exact) mass is 1330 g/mol. The quantitative estimate of drug-likeness (QED) is 0.0243. The first-order chi connectivity index (χ1) is 44.1. The van der Waals surface area contributed by atoms with E-state index in [0.717, 1.165) is 83.7 Å². The second-order valence-electron chi connectivity index (χ2n) is 25.8. The van der Waals surface area contributed by atoms with Crippen LogP contribution in [0.25, 0.3) is 0 Å². The lowest BCUT2D eigenvalue weighted by atomic mass is 10.0. The number of likely N-dealkylation sites (N-methyl/N-ethyl adjacent to an activating group) is 2. The fourth-order valence-electron chi connectivity index (χ4n) is 10.5. The molecule has 5 saturated heterocycles. The number of carbonyl (C=O) groups excluding carboxylic acids is 4. The highest BCUT2D eigenvalue weighted by atomic mass is 16.7. The van der Waals surface area contributed by atoms with Crippen LogP contribution in [0.4, 0.5) is 0 Å². The Morgan fingerprint density at radius 3 is 1.11 bits per heavy atom. The number of likely N-dealkylation sites (tertiary alicyclic amines) is 1. The first-order valence-corrected chi connectivity index (χ1v) is 34.8. The summed E-state index contributed by atoms with van der Waals surface area (Å²) >= 11 is 0. The van der Waals surface area contributed by atoms with Crippen LogP contribution in [0.15, 0.2) is 48.6 Å². The maximum Gasteiger partial charge on any atom is 0.246 e. The van der Waals surface area contributed by atoms with Crippen LogP contribution >= 0.6 is 0 Å². The van der Waals surface area contributed by atoms with Gasteiger partial charge in [-0.1, -0.05) is 56.9 Å². The maximum absolute atomic E-state index is 12.0. The van der Waals surface area contributed by atoms with Gasteiger partial charge in [0, 0.05) is 72.4 Å². The Labute approximate surface area is 556 Å². The van der Waals surface area contributed by atoms with Gasteiger partial charge >= 0.3 is 0 Å². The van der Waals surface area contributed by atoms with Gasteiger partial charge in [0.1, 0.15) is 24.4 Å². The van der Waals surface area contributed by atoms with Gasteiger partial charge in [-0.15, -0.1) is 0 Å². The summed E-state index contributed by atoms with van der Waals surface area (Å²) in [5.74, 6) is 0.269. The van der Waals surface area contributed by atoms with E-state index in [4.69, 9.17) is 37.9 Å². The summed E-state index contributed by atoms with van der Waals surface area (Å²) in [4.78, 5) is 52.1. The van der Waals surface area contributed by atoms with Crippen LogP contribution in [-0.4, -0.2) is 242 Å². The summed E-state index contributed by atoms with van der Waals surface area (Å²) in [6, 6.07) is 0. The van der Waals surface area contributed by atoms with Crippen molar-refractivity contribution in [2.75, 3.05) is 40.3 Å². The van der Waals surface area contributed by atoms with Crippen LogP contribution in [0.3, 0.4) is 0 Å². The van der Waals surface area contributed by atoms with E-state index in [9.17, 15) is 60.0 Å². The van der Waals surface area contributed by atoms with Crippen LogP contribution in [0.5, 0.6) is 0 Å². The first-order valence-electron chi connectivity index (χ1n) is 34.8. The van der Waals surface area contributed by atoms with E-state index in [0.29, 0.717) is 25.9 Å². The van der Waals surface area contributed by atoms with Crippen LogP contribution in [0, 0.1) is 0 Å². The van der Waals surface area contributed by atoms with Crippen molar-refractivity contribution >= 4 is 23.5 Å². The molecule has 93 heavy (non-hydrogen) atoms. The molecule has 5 aliphatic heterocycles. The topological polar surface area (TPSA) is 314 Å². The predicted molar refractivity (Wildman–Crippen MR) is 355 cm³/mol. The Balaban J connectivity index is 0.000000423. The van der Waals surface area contributed by atoms with Gasteiger partial charge in [0.05, 0.1) is 73.2 Å². The highest BCUT2D eigenvalue weighted by molar-refractivity contribution is 5.89. The molecule has 8 N–H and O–H groups in total. The molecule has 0 aliphatic carbocycles. The van der Waals surface area contributed by atoms with Crippen molar-refractivity contribution < 1.29 is 97.9 Å². The number of aliphatic hydroxyl groups excluding tert-OH is 8. The molecule has 3 amide bonds. The van der Waals surface area contributed by atoms with Gasteiger partial charge < -0.3 is 93.4 Å². The minimum Gasteiger partial charge on any atom is -0.390 e. The van der Waals surface area contributed by atoms with E-state index >= 15 is 0 Å². The summed E-state index contributed by atoms with van der Waals surface area (Å²) in [5, 5.41) is 78.1. The molecule has 5 rings (SSSR count). The number of amides is 3. The number of carbonyl (C=O) groups is 4. The maximum atomic E-state index is 12.0. The average Bonchev–Trinajstić information content (AvgIpc) is 1.11. The summed E-state index contributed by atoms with van der Waals surface area (Å²) in [6.45, 7) is 24.0. The molecule has 0 radical (unpaired) electrons. The Bertz CT molecular complexity index is 2140. The van der Waals surface area contributed by atoms with Gasteiger partial charge in [-0.3, -0.25) is 19.2 Å². The average molecular weight is 1330 g/mol. The minimum absolute atomic E-state index is 0.0254. The van der Waals surface area contributed by atoms with E-state index in [1.165, 1.54) is 36.7 Å². The Morgan fingerprint density at radius 2 is 0.774 bits per heavy atom. The normalized spacial score (nSPS) is 30.5. The zero-order valence-electron chi connectivity index (χ0n) is 58.7. The van der Waals surface area contributed by atoms with Crippen LogP contribution in [-0.2, 0) is 57.1 Å². The lowest BCUT2D eigenvalue weighted by molar-refractivity contribution is -0.273. The molecule has 0 aromatic heterocycles. The molecule has 5 aliphatic rings. The number of hydrogen-bond acceptors (Lipinski definition) is 20. The van der Waals surface area contributed by atoms with Crippen molar-refractivity contribution in [3.8, 4) is 0 Å². The summed E-state index contributed by atoms with van der Waals surface area (Å²) in [5.41, 5.74) is 0. The number of unbranched alkanes of at least 4 members (excludes halogenated alkanes) is 4. The van der Waals surface area contributed by atoms with Gasteiger partial charge in [-0.25, -0.2) is 0 Å². The molecular weight excluding hydrogens is 1200 g/mol. The summed E-state index contributed by atoms with van der Waals surface area (Å²) in [7, 11) is 3.41. The third-order valence-corrected chi connectivity index (χ3v) is 17.0. The van der Waals surface area contributed by atoms with Crippen molar-refractivity contribution in [2.45, 2.75) is 334 Å². The van der Waals surface area contributed by atoms with Crippen molar-refractivity contribution in [1.29, 1.82) is 0 Å². The van der Waals surface area contributed by atoms with Gasteiger partial charge in [-0.2, -0.15) is 0 Å². The van der Waals surface area contributed by atoms with Crippen LogP contribution < -0.4 is 0 Å². The number of aliphatic hydroxyl groups is 8. The molecule has 20 atom stereocenters. The highest BCUT2D eigenvalue weighted by Crippen LogP contribution is 2.27. The van der Waals surface area contributed by atoms with E-state index in [-0.39, 0.29) is 98.0 Å². The van der Waals surface area contributed by atoms with Gasteiger partial charge in [-0.05, 0) is 171 Å². The predicted octanol–water partition coefficient (Wildman–Crippen LogP) is 7.24. The van der Waals surface area contributed by atoms with E-state index < -0.39 is 74.0 Å². The molecule has 5 heterocycles. The fourth-order valence-corrected chi connectivity index (χ4v) is 10.5. The summed E-state index contributed by atoms with van der Waals surface area (Å²) in [6.07, 6.45) is 20.3. The zero-order valence-corrected chi connectivity index (χ0v) is 58.7. The van der Waals surface area contributed by atoms with E-state index in [2.05, 4.69) is 6.92 Å². The summed E-state index contributed by atoms with van der Waals surface area (Å²) < 4.78 is 44.8. The van der Waals surface area contributed by atoms with Gasteiger partial charge in [0.2, 0.25) is 17.7 Å². The molecule has 0 aromatic rings. The molecular formula is C70H125N3O20. The number of ether oxygens (including phenoxy) is 8. The Morgan fingerprint density at radius 1 is 0.452 bits per heavy atom. The van der Waals surface area contributed by atoms with E-state index in [1.54, 1.807) is 64.9 Å². The lowest BCUT2D eigenvalue weighted by Gasteiger charge is -2.36. The standard InChI is InChI=1S/C20H36O5.C18H31NO5.C17H31NO5.C15H27NO5/c1-4-5-6-7-8-12-17(21)13-10-9-11-15(2)24-20-19(23)14-18(22)16(3)25-20;1-13(23-18-16(21)12-15(20)14(2)24-18)8-4-5-9-17(22)19-10-6-3-7-11-19;1-5-18(6-2)16(21)10-8-7-9-12(3)22-17-15(20)11-14(19)13(4)23-17;1-10(7-5-6-8-14(19)16(3)4)20-15-13(18)9-12(17)11(2)21-15/h10,13,15-16,18-20,22-23H,4-9,11-12,14H2,1-3H3;5,9,13-16,18,20-21H,3-4,6-8,10-12H2,1-2H3;8,10,12-15,17,19-20H,5-7,9,11H2,1-4H3;6,8,10-13,15,17-18H,5,7,9H2,1-4H3/b13-10+;9-5+;10-8+;8-6+/t15-,16+,18-,19-,20-;13-,14+,15-,16-,18-;12-,13+,14-,15-,17-;10-,11+,12-,13-,15-/m1111/s1. The second kappa shape index (κ2) is 48.2.